The summed E-state index contributed by atoms with van der Waals surface area (Å²) in [6, 6.07) is 7.52. The van der Waals surface area contributed by atoms with Gasteiger partial charge in [-0.25, -0.2) is 14.5 Å². The highest BCUT2D eigenvalue weighted by atomic mass is 35.5. The zero-order valence-electron chi connectivity index (χ0n) is 17.7. The second kappa shape index (κ2) is 10.9. The summed E-state index contributed by atoms with van der Waals surface area (Å²) < 4.78 is 45.4. The van der Waals surface area contributed by atoms with E-state index in [1.165, 1.54) is 36.5 Å². The molecule has 3 aromatic rings. The first-order chi connectivity index (χ1) is 16.5. The Kier molecular flexibility index (Phi) is 8.17. The summed E-state index contributed by atoms with van der Waals surface area (Å²) in [5.74, 6) is -1.27. The van der Waals surface area contributed by atoms with E-state index in [9.17, 15) is 27.9 Å². The molecule has 0 spiro atoms. The van der Waals surface area contributed by atoms with Crippen LogP contribution in [0.5, 0.6) is 0 Å². The monoisotopic (exact) mass is 532 g/mol. The highest BCUT2D eigenvalue weighted by molar-refractivity contribution is 6.34. The topological polar surface area (TPSA) is 130 Å². The molecule has 1 atom stereocenters. The summed E-state index contributed by atoms with van der Waals surface area (Å²) in [6.45, 7) is 1.66. The summed E-state index contributed by atoms with van der Waals surface area (Å²) in [7, 11) is 0. The minimum atomic E-state index is -4.87. The summed E-state index contributed by atoms with van der Waals surface area (Å²) in [6.07, 6.45) is -6.07. The molecule has 2 amide bonds. The van der Waals surface area contributed by atoms with E-state index in [1.807, 2.05) is 0 Å². The number of nitrogens with zero attached hydrogens (tertiary/aromatic N) is 3. The summed E-state index contributed by atoms with van der Waals surface area (Å²) >= 11 is 12.2. The molecule has 0 bridgehead atoms. The van der Waals surface area contributed by atoms with E-state index >= 15 is 0 Å². The number of anilines is 1. The second-order valence-electron chi connectivity index (χ2n) is 6.68. The number of carbonyl (C=O) groups is 2. The lowest BCUT2D eigenvalue weighted by molar-refractivity contribution is -0.141. The van der Waals surface area contributed by atoms with Gasteiger partial charge in [-0.2, -0.15) is 23.7 Å². The molecule has 2 aromatic heterocycles. The molecule has 35 heavy (non-hydrogen) atoms. The Hall–Kier alpha value is -3.39. The van der Waals surface area contributed by atoms with Crippen LogP contribution in [0.2, 0.25) is 10.0 Å². The van der Waals surface area contributed by atoms with Crippen LogP contribution in [-0.4, -0.2) is 38.5 Å². The number of aromatic nitrogens is 3. The van der Waals surface area contributed by atoms with Crippen molar-refractivity contribution < 1.29 is 32.6 Å². The van der Waals surface area contributed by atoms with Crippen LogP contribution in [0.25, 0.3) is 5.82 Å². The molecule has 0 aliphatic heterocycles. The van der Waals surface area contributed by atoms with Crippen molar-refractivity contribution in [3.8, 4) is 5.82 Å². The Bertz CT molecular complexity index is 1240. The van der Waals surface area contributed by atoms with Crippen LogP contribution in [0, 0.1) is 0 Å². The van der Waals surface area contributed by atoms with Crippen molar-refractivity contribution in [2.45, 2.75) is 19.3 Å². The first-order valence-electron chi connectivity index (χ1n) is 9.77. The van der Waals surface area contributed by atoms with Crippen LogP contribution < -0.4 is 16.2 Å². The van der Waals surface area contributed by atoms with E-state index in [0.29, 0.717) is 10.7 Å². The van der Waals surface area contributed by atoms with Gasteiger partial charge in [-0.05, 0) is 25.1 Å². The van der Waals surface area contributed by atoms with Crippen LogP contribution in [0.3, 0.4) is 0 Å². The molecule has 0 fully saturated rings. The van der Waals surface area contributed by atoms with Gasteiger partial charge in [0.05, 0.1) is 22.3 Å². The molecule has 1 aromatic carbocycles. The Morgan fingerprint density at radius 3 is 2.57 bits per heavy atom. The molecule has 1 unspecified atom stereocenters. The number of hydrogen-bond acceptors (Lipinski definition) is 7. The first-order valence-corrected chi connectivity index (χ1v) is 10.5. The third kappa shape index (κ3) is 6.19. The van der Waals surface area contributed by atoms with Crippen LogP contribution in [0.4, 0.5) is 23.7 Å². The highest BCUT2D eigenvalue weighted by Gasteiger charge is 2.37. The van der Waals surface area contributed by atoms with Gasteiger partial charge < -0.3 is 15.2 Å². The van der Waals surface area contributed by atoms with Gasteiger partial charge in [0.15, 0.2) is 11.5 Å². The van der Waals surface area contributed by atoms with E-state index in [0.717, 1.165) is 0 Å². The highest BCUT2D eigenvalue weighted by Crippen LogP contribution is 2.33. The fraction of sp³-hybridized carbons (Fsp3) is 0.200. The van der Waals surface area contributed by atoms with Crippen LogP contribution in [0.1, 0.15) is 34.9 Å². The minimum Gasteiger partial charge on any atom is -0.449 e. The lowest BCUT2D eigenvalue weighted by atomic mass is 10.1. The maximum atomic E-state index is 13.4. The molecule has 3 rings (SSSR count). The zero-order valence-corrected chi connectivity index (χ0v) is 19.2. The average molecular weight is 533 g/mol. The molecule has 0 saturated heterocycles. The maximum absolute atomic E-state index is 13.4. The number of hydrogen-bond donors (Lipinski definition) is 4. The third-order valence-electron chi connectivity index (χ3n) is 4.34. The van der Waals surface area contributed by atoms with Crippen molar-refractivity contribution in [1.82, 2.24) is 25.6 Å². The predicted molar refractivity (Wildman–Crippen MR) is 119 cm³/mol. The zero-order chi connectivity index (χ0) is 25.8. The molecule has 10 nitrogen and oxygen atoms in total. The van der Waals surface area contributed by atoms with E-state index in [4.69, 9.17) is 23.2 Å². The van der Waals surface area contributed by atoms with Gasteiger partial charge in [-0.15, -0.1) is 0 Å². The van der Waals surface area contributed by atoms with Gasteiger partial charge in [-0.1, -0.05) is 35.3 Å². The SMILES string of the molecule is CCOC(=O)NNC(O)c1cccc(Cl)c1NC(=O)c1cc(C(F)(F)F)nn1-c1ncccc1Cl. The number of carbonyl (C=O) groups excluding carboxylic acids is 2. The fourth-order valence-corrected chi connectivity index (χ4v) is 3.26. The molecule has 0 saturated carbocycles. The largest absolute Gasteiger partial charge is 0.449 e. The summed E-state index contributed by atoms with van der Waals surface area (Å²) in [4.78, 5) is 28.4. The van der Waals surface area contributed by atoms with Gasteiger partial charge in [0.1, 0.15) is 11.9 Å². The number of aliphatic hydroxyl groups excluding tert-OH is 1. The quantitative estimate of drug-likeness (QED) is 0.266. The van der Waals surface area contributed by atoms with Gasteiger partial charge in [0.25, 0.3) is 5.91 Å². The number of alkyl halides is 3. The van der Waals surface area contributed by atoms with Gasteiger partial charge in [0, 0.05) is 17.8 Å². The smallest absolute Gasteiger partial charge is 0.435 e. The molecule has 2 heterocycles. The Balaban J connectivity index is 1.97. The van der Waals surface area contributed by atoms with Crippen LogP contribution >= 0.6 is 23.2 Å². The standard InChI is InChI=1S/C20H17Cl2F3N6O4/c1-2-35-19(34)29-28-17(32)10-5-3-6-11(21)15(10)27-18(33)13-9-14(20(23,24)25)30-31(13)16-12(22)7-4-8-26-16/h3-9,17,28,32H,2H2,1H3,(H,27,33)(H,29,34). The van der Waals surface area contributed by atoms with Crippen LogP contribution in [0.15, 0.2) is 42.6 Å². The molecular formula is C20H17Cl2F3N6O4. The van der Waals surface area contributed by atoms with Crippen molar-refractivity contribution in [2.24, 2.45) is 0 Å². The van der Waals surface area contributed by atoms with Gasteiger partial charge in [-0.3, -0.25) is 10.2 Å². The summed E-state index contributed by atoms with van der Waals surface area (Å²) in [5, 5.41) is 16.1. The van der Waals surface area contributed by atoms with Crippen LogP contribution in [-0.2, 0) is 10.9 Å². The lowest BCUT2D eigenvalue weighted by Gasteiger charge is -2.19. The first kappa shape index (κ1) is 26.2. The number of nitrogens with one attached hydrogen (secondary N) is 3. The number of rotatable bonds is 7. The number of aliphatic hydroxyl groups is 1. The van der Waals surface area contributed by atoms with E-state index in [2.05, 4.69) is 31.0 Å². The molecule has 0 radical (unpaired) electrons. The fourth-order valence-electron chi connectivity index (χ4n) is 2.83. The maximum Gasteiger partial charge on any atom is 0.435 e. The van der Waals surface area contributed by atoms with Crippen molar-refractivity contribution in [2.75, 3.05) is 11.9 Å². The number of ether oxygens (including phenoxy) is 1. The molecule has 15 heteroatoms. The van der Waals surface area contributed by atoms with Crippen molar-refractivity contribution in [3.63, 3.8) is 0 Å². The summed E-state index contributed by atoms with van der Waals surface area (Å²) in [5.41, 5.74) is 2.28. The number of amides is 2. The van der Waals surface area contributed by atoms with Crippen molar-refractivity contribution >= 4 is 40.9 Å². The normalized spacial score (nSPS) is 12.2. The van der Waals surface area contributed by atoms with Gasteiger partial charge >= 0.3 is 12.3 Å². The average Bonchev–Trinajstić information content (AvgIpc) is 3.25. The Morgan fingerprint density at radius 2 is 1.91 bits per heavy atom. The molecule has 4 N–H and O–H groups in total. The van der Waals surface area contributed by atoms with E-state index < -0.39 is 35.8 Å². The number of para-hydroxylation sites is 1. The van der Waals surface area contributed by atoms with Crippen molar-refractivity contribution in [3.05, 3.63) is 69.6 Å². The molecule has 186 valence electrons. The predicted octanol–water partition coefficient (Wildman–Crippen LogP) is 4.09. The minimum absolute atomic E-state index is 0.0133. The molecule has 0 aliphatic rings. The van der Waals surface area contributed by atoms with E-state index in [1.54, 1.807) is 6.92 Å². The Labute approximate surface area is 206 Å². The van der Waals surface area contributed by atoms with Crippen molar-refractivity contribution in [1.29, 1.82) is 0 Å². The number of benzene rings is 1. The number of halogens is 5. The van der Waals surface area contributed by atoms with Gasteiger partial charge in [0.2, 0.25) is 0 Å². The Morgan fingerprint density at radius 1 is 1.20 bits per heavy atom. The molecular weight excluding hydrogens is 516 g/mol. The number of hydrazine groups is 1. The van der Waals surface area contributed by atoms with E-state index in [-0.39, 0.29) is 33.7 Å². The second-order valence-corrected chi connectivity index (χ2v) is 7.50. The number of pyridine rings is 1. The lowest BCUT2D eigenvalue weighted by Crippen LogP contribution is -2.40. The molecule has 0 aliphatic carbocycles. The third-order valence-corrected chi connectivity index (χ3v) is 4.95.